The standard InChI is InChI=1S/C21H29N3O4S/c1-7-24(8-2)29(27,28)18-11-9-17(10-12-18)14(4)23-21(26)20-13(3)19(16(6)25)15(5)22-20/h9-12,14,22H,7-8H2,1-6H3,(H,23,26). The highest BCUT2D eigenvalue weighted by molar-refractivity contribution is 7.89. The van der Waals surface area contributed by atoms with Crippen molar-refractivity contribution in [3.05, 3.63) is 52.3 Å². The van der Waals surface area contributed by atoms with Gasteiger partial charge < -0.3 is 10.3 Å². The van der Waals surface area contributed by atoms with Crippen LogP contribution in [0.4, 0.5) is 0 Å². The van der Waals surface area contributed by atoms with Gasteiger partial charge in [0, 0.05) is 24.3 Å². The molecule has 158 valence electrons. The van der Waals surface area contributed by atoms with E-state index in [0.717, 1.165) is 5.56 Å². The molecule has 0 bridgehead atoms. The highest BCUT2D eigenvalue weighted by atomic mass is 32.2. The summed E-state index contributed by atoms with van der Waals surface area (Å²) < 4.78 is 26.6. The number of carbonyl (C=O) groups excluding carboxylic acids is 2. The minimum atomic E-state index is -3.52. The number of hydrogen-bond donors (Lipinski definition) is 2. The molecule has 2 N–H and O–H groups in total. The molecule has 0 radical (unpaired) electrons. The number of aromatic amines is 1. The van der Waals surface area contributed by atoms with Crippen molar-refractivity contribution in [3.63, 3.8) is 0 Å². The Morgan fingerprint density at radius 3 is 2.10 bits per heavy atom. The lowest BCUT2D eigenvalue weighted by molar-refractivity contribution is 0.0934. The van der Waals surface area contributed by atoms with Crippen molar-refractivity contribution in [2.24, 2.45) is 0 Å². The van der Waals surface area contributed by atoms with Crippen LogP contribution in [0.1, 0.15) is 71.4 Å². The summed E-state index contributed by atoms with van der Waals surface area (Å²) >= 11 is 0. The molecule has 1 atom stereocenters. The average molecular weight is 420 g/mol. The first-order valence-electron chi connectivity index (χ1n) is 9.65. The molecule has 0 spiro atoms. The van der Waals surface area contributed by atoms with E-state index >= 15 is 0 Å². The van der Waals surface area contributed by atoms with E-state index in [1.165, 1.54) is 11.2 Å². The lowest BCUT2D eigenvalue weighted by Gasteiger charge is -2.19. The first kappa shape index (κ1) is 22.8. The molecular formula is C21H29N3O4S. The van der Waals surface area contributed by atoms with Crippen LogP contribution < -0.4 is 5.32 Å². The molecule has 0 aliphatic carbocycles. The van der Waals surface area contributed by atoms with Crippen LogP contribution in [0.5, 0.6) is 0 Å². The number of Topliss-reactive ketones (excluding diaryl/α,β-unsaturated/α-hetero) is 1. The van der Waals surface area contributed by atoms with Crippen LogP contribution in [0, 0.1) is 13.8 Å². The molecule has 1 unspecified atom stereocenters. The predicted octanol–water partition coefficient (Wildman–Crippen LogP) is 3.36. The van der Waals surface area contributed by atoms with Gasteiger partial charge in [0.15, 0.2) is 5.78 Å². The average Bonchev–Trinajstić information content (AvgIpc) is 2.97. The lowest BCUT2D eigenvalue weighted by atomic mass is 10.1. The summed E-state index contributed by atoms with van der Waals surface area (Å²) in [5.41, 5.74) is 2.97. The first-order chi connectivity index (χ1) is 13.5. The third-order valence-electron chi connectivity index (χ3n) is 5.09. The summed E-state index contributed by atoms with van der Waals surface area (Å²) in [7, 11) is -3.52. The second-order valence-electron chi connectivity index (χ2n) is 7.03. The minimum absolute atomic E-state index is 0.0895. The SMILES string of the molecule is CCN(CC)S(=O)(=O)c1ccc(C(C)NC(=O)c2[nH]c(C)c(C(C)=O)c2C)cc1. The lowest BCUT2D eigenvalue weighted by Crippen LogP contribution is -2.30. The van der Waals surface area contributed by atoms with Gasteiger partial charge in [-0.25, -0.2) is 8.42 Å². The van der Waals surface area contributed by atoms with Gasteiger partial charge in [0.2, 0.25) is 10.0 Å². The van der Waals surface area contributed by atoms with Crippen LogP contribution in [0.25, 0.3) is 0 Å². The zero-order valence-corrected chi connectivity index (χ0v) is 18.6. The molecule has 0 saturated heterocycles. The van der Waals surface area contributed by atoms with E-state index in [2.05, 4.69) is 10.3 Å². The molecule has 0 aliphatic rings. The van der Waals surface area contributed by atoms with Crippen LogP contribution in [0.2, 0.25) is 0 Å². The van der Waals surface area contributed by atoms with Crippen LogP contribution in [0.15, 0.2) is 29.2 Å². The Kier molecular flexibility index (Phi) is 7.02. The van der Waals surface area contributed by atoms with Crippen molar-refractivity contribution in [2.75, 3.05) is 13.1 Å². The summed E-state index contributed by atoms with van der Waals surface area (Å²) in [6.45, 7) is 11.2. The highest BCUT2D eigenvalue weighted by Gasteiger charge is 2.23. The van der Waals surface area contributed by atoms with Crippen LogP contribution in [0.3, 0.4) is 0 Å². The van der Waals surface area contributed by atoms with Gasteiger partial charge in [-0.15, -0.1) is 0 Å². The van der Waals surface area contributed by atoms with Crippen LogP contribution in [-0.4, -0.2) is 42.5 Å². The van der Waals surface area contributed by atoms with E-state index in [-0.39, 0.29) is 22.6 Å². The molecule has 8 heteroatoms. The molecular weight excluding hydrogens is 390 g/mol. The minimum Gasteiger partial charge on any atom is -0.354 e. The fourth-order valence-corrected chi connectivity index (χ4v) is 4.96. The summed E-state index contributed by atoms with van der Waals surface area (Å²) in [5, 5.41) is 2.89. The monoisotopic (exact) mass is 419 g/mol. The Morgan fingerprint density at radius 1 is 1.10 bits per heavy atom. The Morgan fingerprint density at radius 2 is 1.66 bits per heavy atom. The number of amides is 1. The number of aromatic nitrogens is 1. The Labute approximate surface area is 172 Å². The maximum atomic E-state index is 12.7. The number of rotatable bonds is 8. The maximum Gasteiger partial charge on any atom is 0.268 e. The molecule has 2 rings (SSSR count). The molecule has 29 heavy (non-hydrogen) atoms. The smallest absolute Gasteiger partial charge is 0.268 e. The van der Waals surface area contributed by atoms with Gasteiger partial charge in [-0.05, 0) is 51.0 Å². The normalized spacial score (nSPS) is 12.8. The highest BCUT2D eigenvalue weighted by Crippen LogP contribution is 2.22. The predicted molar refractivity (Wildman–Crippen MR) is 113 cm³/mol. The van der Waals surface area contributed by atoms with Gasteiger partial charge in [-0.2, -0.15) is 4.31 Å². The topological polar surface area (TPSA) is 99.3 Å². The summed E-state index contributed by atoms with van der Waals surface area (Å²) in [6.07, 6.45) is 0. The summed E-state index contributed by atoms with van der Waals surface area (Å²) in [4.78, 5) is 27.7. The fraction of sp³-hybridized carbons (Fsp3) is 0.429. The van der Waals surface area contributed by atoms with E-state index < -0.39 is 10.0 Å². The summed E-state index contributed by atoms with van der Waals surface area (Å²) in [5.74, 6) is -0.404. The Bertz CT molecular complexity index is 1000. The molecule has 0 fully saturated rings. The molecule has 1 aromatic carbocycles. The second-order valence-corrected chi connectivity index (χ2v) is 8.97. The molecule has 1 amide bonds. The van der Waals surface area contributed by atoms with Crippen molar-refractivity contribution in [1.29, 1.82) is 0 Å². The fourth-order valence-electron chi connectivity index (χ4n) is 3.50. The summed E-state index contributed by atoms with van der Waals surface area (Å²) in [6, 6.07) is 6.19. The van der Waals surface area contributed by atoms with Crippen LogP contribution in [-0.2, 0) is 10.0 Å². The van der Waals surface area contributed by atoms with E-state index in [4.69, 9.17) is 0 Å². The number of benzene rings is 1. The van der Waals surface area contributed by atoms with Gasteiger partial charge >= 0.3 is 0 Å². The molecule has 1 aromatic heterocycles. The van der Waals surface area contributed by atoms with Gasteiger partial charge in [0.25, 0.3) is 5.91 Å². The Hall–Kier alpha value is -2.45. The number of sulfonamides is 1. The van der Waals surface area contributed by atoms with E-state index in [1.807, 2.05) is 6.92 Å². The van der Waals surface area contributed by atoms with Crippen LogP contribution >= 0.6 is 0 Å². The van der Waals surface area contributed by atoms with Gasteiger partial charge in [0.1, 0.15) is 5.69 Å². The van der Waals surface area contributed by atoms with Gasteiger partial charge in [0.05, 0.1) is 10.9 Å². The van der Waals surface area contributed by atoms with E-state index in [1.54, 1.807) is 52.0 Å². The zero-order valence-electron chi connectivity index (χ0n) is 17.8. The molecule has 0 aliphatic heterocycles. The largest absolute Gasteiger partial charge is 0.354 e. The van der Waals surface area contributed by atoms with E-state index in [0.29, 0.717) is 35.6 Å². The molecule has 2 aromatic rings. The third-order valence-corrected chi connectivity index (χ3v) is 7.15. The third kappa shape index (κ3) is 4.59. The van der Waals surface area contributed by atoms with Crippen molar-refractivity contribution in [3.8, 4) is 0 Å². The van der Waals surface area contributed by atoms with Gasteiger partial charge in [-0.1, -0.05) is 26.0 Å². The number of carbonyl (C=O) groups is 2. The van der Waals surface area contributed by atoms with E-state index in [9.17, 15) is 18.0 Å². The van der Waals surface area contributed by atoms with Crippen molar-refractivity contribution in [2.45, 2.75) is 52.5 Å². The maximum absolute atomic E-state index is 12.7. The zero-order chi connectivity index (χ0) is 21.9. The van der Waals surface area contributed by atoms with Crippen molar-refractivity contribution >= 4 is 21.7 Å². The number of aryl methyl sites for hydroxylation is 1. The number of ketones is 1. The number of nitrogens with zero attached hydrogens (tertiary/aromatic N) is 1. The first-order valence-corrected chi connectivity index (χ1v) is 11.1. The number of hydrogen-bond acceptors (Lipinski definition) is 4. The second kappa shape index (κ2) is 8.92. The quantitative estimate of drug-likeness (QED) is 0.641. The number of H-pyrrole nitrogens is 1. The molecule has 7 nitrogen and oxygen atoms in total. The van der Waals surface area contributed by atoms with Crippen molar-refractivity contribution in [1.82, 2.24) is 14.6 Å². The van der Waals surface area contributed by atoms with Gasteiger partial charge in [-0.3, -0.25) is 9.59 Å². The Balaban J connectivity index is 2.20. The molecule has 1 heterocycles. The van der Waals surface area contributed by atoms with Crippen molar-refractivity contribution < 1.29 is 18.0 Å². The molecule has 0 saturated carbocycles. The number of nitrogens with one attached hydrogen (secondary N) is 2.